The van der Waals surface area contributed by atoms with E-state index >= 15 is 0 Å². The molecule has 0 fully saturated rings. The van der Waals surface area contributed by atoms with Crippen molar-refractivity contribution in [2.24, 2.45) is 5.92 Å². The zero-order valence-corrected chi connectivity index (χ0v) is 14.3. The van der Waals surface area contributed by atoms with Crippen molar-refractivity contribution < 1.29 is 18.3 Å². The molecule has 0 aliphatic heterocycles. The Morgan fingerprint density at radius 2 is 1.90 bits per heavy atom. The molecule has 0 saturated heterocycles. The molecule has 1 aromatic rings. The quantitative estimate of drug-likeness (QED) is 0.754. The number of carbonyl (C=O) groups is 1. The highest BCUT2D eigenvalue weighted by Gasteiger charge is 2.26. The topological polar surface area (TPSA) is 74.7 Å². The summed E-state index contributed by atoms with van der Waals surface area (Å²) in [6.45, 7) is 6.88. The van der Waals surface area contributed by atoms with Gasteiger partial charge in [-0.15, -0.1) is 11.3 Å². The fourth-order valence-electron chi connectivity index (χ4n) is 2.10. The van der Waals surface area contributed by atoms with Gasteiger partial charge >= 0.3 is 5.97 Å². The van der Waals surface area contributed by atoms with Crippen molar-refractivity contribution in [1.82, 2.24) is 4.31 Å². The van der Waals surface area contributed by atoms with Crippen molar-refractivity contribution in [1.29, 1.82) is 0 Å². The maximum Gasteiger partial charge on any atom is 0.308 e. The van der Waals surface area contributed by atoms with Gasteiger partial charge in [0, 0.05) is 18.0 Å². The highest BCUT2D eigenvalue weighted by Crippen LogP contribution is 2.26. The molecule has 1 heterocycles. The minimum Gasteiger partial charge on any atom is -0.481 e. The van der Waals surface area contributed by atoms with E-state index < -0.39 is 16.0 Å². The second-order valence-corrected chi connectivity index (χ2v) is 8.26. The Labute approximate surface area is 130 Å². The molecule has 0 radical (unpaired) electrons. The van der Waals surface area contributed by atoms with Gasteiger partial charge in [-0.3, -0.25) is 4.79 Å². The number of aliphatic carboxylic acids is 1. The lowest BCUT2D eigenvalue weighted by atomic mass is 10.0. The SMILES string of the molecule is CCC(CC)CN(CC)S(=O)(=O)c1ccc(CC(=O)O)s1. The van der Waals surface area contributed by atoms with Crippen molar-refractivity contribution in [3.8, 4) is 0 Å². The zero-order chi connectivity index (χ0) is 16.0. The van der Waals surface area contributed by atoms with Crippen LogP contribution < -0.4 is 0 Å². The van der Waals surface area contributed by atoms with Crippen LogP contribution in [-0.2, 0) is 21.2 Å². The number of hydrogen-bond donors (Lipinski definition) is 1. The molecular formula is C14H23NO4S2. The minimum absolute atomic E-state index is 0.140. The van der Waals surface area contributed by atoms with Crippen LogP contribution >= 0.6 is 11.3 Å². The molecule has 0 bridgehead atoms. The molecule has 21 heavy (non-hydrogen) atoms. The van der Waals surface area contributed by atoms with Gasteiger partial charge in [-0.2, -0.15) is 4.31 Å². The van der Waals surface area contributed by atoms with E-state index in [1.165, 1.54) is 10.4 Å². The van der Waals surface area contributed by atoms with Crippen LogP contribution in [0.1, 0.15) is 38.5 Å². The number of nitrogens with zero attached hydrogens (tertiary/aromatic N) is 1. The Bertz CT molecular complexity index is 561. The second kappa shape index (κ2) is 7.91. The Hall–Kier alpha value is -0.920. The molecule has 1 rings (SSSR count). The maximum absolute atomic E-state index is 12.6. The fraction of sp³-hybridized carbons (Fsp3) is 0.643. The Morgan fingerprint density at radius 1 is 1.29 bits per heavy atom. The molecule has 5 nitrogen and oxygen atoms in total. The van der Waals surface area contributed by atoms with Gasteiger partial charge in [-0.05, 0) is 18.1 Å². The van der Waals surface area contributed by atoms with E-state index in [2.05, 4.69) is 13.8 Å². The highest BCUT2D eigenvalue weighted by molar-refractivity contribution is 7.91. The standard InChI is InChI=1S/C14H23NO4S2/c1-4-11(5-2)10-15(6-3)21(18,19)14-8-7-12(20-14)9-13(16)17/h7-8,11H,4-6,9-10H2,1-3H3,(H,16,17). The Morgan fingerprint density at radius 3 is 2.38 bits per heavy atom. The molecule has 1 N–H and O–H groups in total. The number of carboxylic acid groups (broad SMARTS) is 1. The third-order valence-electron chi connectivity index (χ3n) is 3.53. The first-order valence-electron chi connectivity index (χ1n) is 7.15. The van der Waals surface area contributed by atoms with Crippen molar-refractivity contribution in [3.05, 3.63) is 17.0 Å². The van der Waals surface area contributed by atoms with Crippen LogP contribution in [0.15, 0.2) is 16.3 Å². The van der Waals surface area contributed by atoms with E-state index in [9.17, 15) is 13.2 Å². The number of rotatable bonds is 9. The van der Waals surface area contributed by atoms with Gasteiger partial charge in [0.15, 0.2) is 0 Å². The van der Waals surface area contributed by atoms with E-state index in [1.54, 1.807) is 6.07 Å². The summed E-state index contributed by atoms with van der Waals surface area (Å²) in [7, 11) is -3.52. The first-order valence-corrected chi connectivity index (χ1v) is 9.41. The van der Waals surface area contributed by atoms with Crippen molar-refractivity contribution in [3.63, 3.8) is 0 Å². The number of sulfonamides is 1. The molecular weight excluding hydrogens is 310 g/mol. The Balaban J connectivity index is 2.96. The lowest BCUT2D eigenvalue weighted by Gasteiger charge is -2.24. The first-order chi connectivity index (χ1) is 9.84. The Kier molecular flexibility index (Phi) is 6.83. The lowest BCUT2D eigenvalue weighted by Crippen LogP contribution is -2.34. The normalized spacial score (nSPS) is 12.2. The molecule has 0 aliphatic carbocycles. The van der Waals surface area contributed by atoms with Gasteiger partial charge in [0.05, 0.1) is 6.42 Å². The van der Waals surface area contributed by atoms with E-state index in [1.807, 2.05) is 6.92 Å². The average molecular weight is 333 g/mol. The van der Waals surface area contributed by atoms with Crippen LogP contribution in [0.2, 0.25) is 0 Å². The van der Waals surface area contributed by atoms with Crippen LogP contribution in [0.5, 0.6) is 0 Å². The maximum atomic E-state index is 12.6. The average Bonchev–Trinajstić information content (AvgIpc) is 2.88. The summed E-state index contributed by atoms with van der Waals surface area (Å²) in [6.07, 6.45) is 1.74. The summed E-state index contributed by atoms with van der Waals surface area (Å²) in [5.41, 5.74) is 0. The summed E-state index contributed by atoms with van der Waals surface area (Å²) >= 11 is 1.04. The summed E-state index contributed by atoms with van der Waals surface area (Å²) in [4.78, 5) is 11.2. The molecule has 0 spiro atoms. The third-order valence-corrected chi connectivity index (χ3v) is 7.02. The molecule has 0 unspecified atom stereocenters. The molecule has 0 amide bonds. The van der Waals surface area contributed by atoms with E-state index in [0.717, 1.165) is 24.2 Å². The van der Waals surface area contributed by atoms with Crippen molar-refractivity contribution in [2.75, 3.05) is 13.1 Å². The van der Waals surface area contributed by atoms with Gasteiger partial charge in [0.25, 0.3) is 10.0 Å². The molecule has 120 valence electrons. The largest absolute Gasteiger partial charge is 0.481 e. The van der Waals surface area contributed by atoms with Gasteiger partial charge in [-0.25, -0.2) is 8.42 Å². The predicted octanol–water partition coefficient (Wildman–Crippen LogP) is 2.82. The number of carboxylic acids is 1. The van der Waals surface area contributed by atoms with Gasteiger partial charge in [-0.1, -0.05) is 33.6 Å². The molecule has 0 saturated carbocycles. The van der Waals surface area contributed by atoms with Crippen LogP contribution in [0.3, 0.4) is 0 Å². The monoisotopic (exact) mass is 333 g/mol. The minimum atomic E-state index is -3.52. The van der Waals surface area contributed by atoms with Gasteiger partial charge < -0.3 is 5.11 Å². The summed E-state index contributed by atoms with van der Waals surface area (Å²) in [6, 6.07) is 3.09. The van der Waals surface area contributed by atoms with Gasteiger partial charge in [0.2, 0.25) is 0 Å². The van der Waals surface area contributed by atoms with E-state index in [-0.39, 0.29) is 10.6 Å². The fourth-order valence-corrected chi connectivity index (χ4v) is 5.13. The van der Waals surface area contributed by atoms with Crippen LogP contribution in [0.25, 0.3) is 0 Å². The number of hydrogen-bond acceptors (Lipinski definition) is 4. The first kappa shape index (κ1) is 18.1. The molecule has 0 atom stereocenters. The van der Waals surface area contributed by atoms with Crippen LogP contribution in [0, 0.1) is 5.92 Å². The van der Waals surface area contributed by atoms with Crippen molar-refractivity contribution >= 4 is 27.3 Å². The van der Waals surface area contributed by atoms with Gasteiger partial charge in [0.1, 0.15) is 4.21 Å². The van der Waals surface area contributed by atoms with Crippen LogP contribution in [0.4, 0.5) is 0 Å². The highest BCUT2D eigenvalue weighted by atomic mass is 32.2. The lowest BCUT2D eigenvalue weighted by molar-refractivity contribution is -0.136. The third kappa shape index (κ3) is 4.79. The van der Waals surface area contributed by atoms with E-state index in [4.69, 9.17) is 5.11 Å². The predicted molar refractivity (Wildman–Crippen MR) is 84.2 cm³/mol. The second-order valence-electron chi connectivity index (χ2n) is 4.93. The molecule has 0 aliphatic rings. The summed E-state index contributed by atoms with van der Waals surface area (Å²) < 4.78 is 27.0. The van der Waals surface area contributed by atoms with Crippen LogP contribution in [-0.4, -0.2) is 36.9 Å². The molecule has 0 aromatic carbocycles. The summed E-state index contributed by atoms with van der Waals surface area (Å²) in [5, 5.41) is 8.76. The van der Waals surface area contributed by atoms with E-state index in [0.29, 0.717) is 23.9 Å². The molecule has 1 aromatic heterocycles. The smallest absolute Gasteiger partial charge is 0.308 e. The van der Waals surface area contributed by atoms with Crippen molar-refractivity contribution in [2.45, 2.75) is 44.2 Å². The summed E-state index contributed by atoms with van der Waals surface area (Å²) in [5.74, 6) is -0.608. The molecule has 7 heteroatoms. The number of thiophene rings is 1. The zero-order valence-electron chi connectivity index (χ0n) is 12.7.